The molecule has 1 aromatic heterocycles. The number of hydrogen-bond acceptors (Lipinski definition) is 3. The van der Waals surface area contributed by atoms with Crippen molar-refractivity contribution in [3.05, 3.63) is 71.4 Å². The van der Waals surface area contributed by atoms with Gasteiger partial charge in [-0.3, -0.25) is 15.0 Å². The first kappa shape index (κ1) is 21.1. The van der Waals surface area contributed by atoms with Crippen molar-refractivity contribution in [3.63, 3.8) is 0 Å². The SMILES string of the molecule is CC(Cc1cccc(C(=N)N)c1)C(=O)NCC(=O)NCCc1c[nH]c2ccccc12. The predicted molar refractivity (Wildman–Crippen MR) is 118 cm³/mol. The van der Waals surface area contributed by atoms with E-state index in [9.17, 15) is 9.59 Å². The fraction of sp³-hybridized carbons (Fsp3) is 0.261. The fourth-order valence-electron chi connectivity index (χ4n) is 3.39. The van der Waals surface area contributed by atoms with Crippen LogP contribution in [0.15, 0.2) is 54.7 Å². The summed E-state index contributed by atoms with van der Waals surface area (Å²) in [5.74, 6) is -0.700. The number of amides is 2. The van der Waals surface area contributed by atoms with Gasteiger partial charge in [0.1, 0.15) is 5.84 Å². The molecule has 0 saturated carbocycles. The average molecular weight is 406 g/mol. The molecule has 2 aromatic carbocycles. The van der Waals surface area contributed by atoms with Gasteiger partial charge in [-0.05, 0) is 36.1 Å². The van der Waals surface area contributed by atoms with Crippen molar-refractivity contribution in [2.75, 3.05) is 13.1 Å². The minimum atomic E-state index is -0.300. The number of nitrogens with two attached hydrogens (primary N) is 1. The third-order valence-corrected chi connectivity index (χ3v) is 5.04. The van der Waals surface area contributed by atoms with Crippen LogP contribution in [-0.2, 0) is 22.4 Å². The van der Waals surface area contributed by atoms with Crippen molar-refractivity contribution in [2.45, 2.75) is 19.8 Å². The van der Waals surface area contributed by atoms with Crippen LogP contribution in [0.25, 0.3) is 10.9 Å². The summed E-state index contributed by atoms with van der Waals surface area (Å²) in [6.45, 7) is 2.26. The molecule has 6 N–H and O–H groups in total. The Hall–Kier alpha value is -3.61. The van der Waals surface area contributed by atoms with E-state index in [2.05, 4.69) is 21.7 Å². The summed E-state index contributed by atoms with van der Waals surface area (Å²) in [6.07, 6.45) is 3.18. The largest absolute Gasteiger partial charge is 0.384 e. The molecule has 0 spiro atoms. The number of H-pyrrole nitrogens is 1. The lowest BCUT2D eigenvalue weighted by atomic mass is 9.98. The number of carbonyl (C=O) groups excluding carboxylic acids is 2. The van der Waals surface area contributed by atoms with Crippen LogP contribution in [0, 0.1) is 11.3 Å². The highest BCUT2D eigenvalue weighted by Gasteiger charge is 2.15. The van der Waals surface area contributed by atoms with Gasteiger partial charge in [0.25, 0.3) is 0 Å². The maximum atomic E-state index is 12.3. The molecule has 0 fully saturated rings. The zero-order chi connectivity index (χ0) is 21.5. The summed E-state index contributed by atoms with van der Waals surface area (Å²) < 4.78 is 0. The second-order valence-corrected chi connectivity index (χ2v) is 7.40. The van der Waals surface area contributed by atoms with Gasteiger partial charge in [-0.25, -0.2) is 0 Å². The number of nitrogens with one attached hydrogen (secondary N) is 4. The lowest BCUT2D eigenvalue weighted by Crippen LogP contribution is -2.40. The van der Waals surface area contributed by atoms with Crippen LogP contribution < -0.4 is 16.4 Å². The van der Waals surface area contributed by atoms with Crippen molar-refractivity contribution >= 4 is 28.6 Å². The van der Waals surface area contributed by atoms with Crippen LogP contribution in [-0.4, -0.2) is 35.7 Å². The minimum absolute atomic E-state index is 0.00161. The normalized spacial score (nSPS) is 11.8. The molecule has 1 unspecified atom stereocenters. The van der Waals surface area contributed by atoms with E-state index in [1.54, 1.807) is 6.07 Å². The van der Waals surface area contributed by atoms with Gasteiger partial charge >= 0.3 is 0 Å². The molecule has 2 amide bonds. The maximum Gasteiger partial charge on any atom is 0.239 e. The number of para-hydroxylation sites is 1. The average Bonchev–Trinajstić information content (AvgIpc) is 3.15. The monoisotopic (exact) mass is 405 g/mol. The highest BCUT2D eigenvalue weighted by atomic mass is 16.2. The molecule has 7 nitrogen and oxygen atoms in total. The van der Waals surface area contributed by atoms with Crippen LogP contribution in [0.2, 0.25) is 0 Å². The number of rotatable bonds is 9. The predicted octanol–water partition coefficient (Wildman–Crippen LogP) is 2.11. The van der Waals surface area contributed by atoms with Crippen molar-refractivity contribution in [3.8, 4) is 0 Å². The Balaban J connectivity index is 1.41. The molecule has 0 saturated heterocycles. The van der Waals surface area contributed by atoms with Crippen LogP contribution >= 0.6 is 0 Å². The summed E-state index contributed by atoms with van der Waals surface area (Å²) >= 11 is 0. The smallest absolute Gasteiger partial charge is 0.239 e. The molecular formula is C23H27N5O2. The number of aromatic amines is 1. The van der Waals surface area contributed by atoms with Gasteiger partial charge in [0.05, 0.1) is 6.54 Å². The Morgan fingerprint density at radius 2 is 1.93 bits per heavy atom. The van der Waals surface area contributed by atoms with Gasteiger partial charge in [0.15, 0.2) is 0 Å². The van der Waals surface area contributed by atoms with Crippen LogP contribution in [0.4, 0.5) is 0 Å². The third kappa shape index (κ3) is 5.47. The lowest BCUT2D eigenvalue weighted by Gasteiger charge is -2.13. The van der Waals surface area contributed by atoms with E-state index in [-0.39, 0.29) is 30.1 Å². The maximum absolute atomic E-state index is 12.3. The van der Waals surface area contributed by atoms with Crippen LogP contribution in [0.5, 0.6) is 0 Å². The number of carbonyl (C=O) groups is 2. The third-order valence-electron chi connectivity index (χ3n) is 5.04. The van der Waals surface area contributed by atoms with E-state index >= 15 is 0 Å². The number of hydrogen-bond donors (Lipinski definition) is 5. The molecule has 0 aliphatic rings. The molecule has 156 valence electrons. The number of nitrogen functional groups attached to an aromatic ring is 1. The molecular weight excluding hydrogens is 378 g/mol. The lowest BCUT2D eigenvalue weighted by molar-refractivity contribution is -0.128. The van der Waals surface area contributed by atoms with Gasteiger partial charge < -0.3 is 21.4 Å². The van der Waals surface area contributed by atoms with Gasteiger partial charge in [0.2, 0.25) is 11.8 Å². The van der Waals surface area contributed by atoms with Crippen molar-refractivity contribution < 1.29 is 9.59 Å². The van der Waals surface area contributed by atoms with Crippen LogP contribution in [0.1, 0.15) is 23.6 Å². The Labute approximate surface area is 175 Å². The summed E-state index contributed by atoms with van der Waals surface area (Å²) in [4.78, 5) is 27.6. The first-order chi connectivity index (χ1) is 14.4. The quantitative estimate of drug-likeness (QED) is 0.277. The minimum Gasteiger partial charge on any atom is -0.384 e. The van der Waals surface area contributed by atoms with Crippen molar-refractivity contribution in [2.24, 2.45) is 11.7 Å². The van der Waals surface area contributed by atoms with Gasteiger partial charge in [0, 0.05) is 35.1 Å². The molecule has 0 aliphatic heterocycles. The zero-order valence-electron chi connectivity index (χ0n) is 17.0. The Morgan fingerprint density at radius 1 is 1.13 bits per heavy atom. The molecule has 3 aromatic rings. The Morgan fingerprint density at radius 3 is 2.73 bits per heavy atom. The summed E-state index contributed by atoms with van der Waals surface area (Å²) in [6, 6.07) is 15.3. The van der Waals surface area contributed by atoms with Gasteiger partial charge in [-0.1, -0.05) is 43.3 Å². The number of amidine groups is 1. The second-order valence-electron chi connectivity index (χ2n) is 7.40. The van der Waals surface area contributed by atoms with Crippen LogP contribution in [0.3, 0.4) is 0 Å². The molecule has 0 aliphatic carbocycles. The topological polar surface area (TPSA) is 124 Å². The van der Waals surface area contributed by atoms with E-state index < -0.39 is 0 Å². The first-order valence-electron chi connectivity index (χ1n) is 9.97. The standard InChI is InChI=1S/C23H27N5O2/c1-15(11-16-5-4-6-17(12-16)22(24)25)23(30)28-14-21(29)26-10-9-18-13-27-20-8-3-2-7-19(18)20/h2-8,12-13,15,27H,9-11,14H2,1H3,(H3,24,25)(H,26,29)(H,28,30). The molecule has 3 rings (SSSR count). The van der Waals surface area contributed by atoms with Crippen molar-refractivity contribution in [1.29, 1.82) is 5.41 Å². The number of benzene rings is 2. The second kappa shape index (κ2) is 9.73. The number of fused-ring (bicyclic) bond motifs is 1. The zero-order valence-corrected chi connectivity index (χ0v) is 17.0. The molecule has 7 heteroatoms. The van der Waals surface area contributed by atoms with E-state index in [1.807, 2.05) is 49.5 Å². The summed E-state index contributed by atoms with van der Waals surface area (Å²) in [7, 11) is 0. The molecule has 30 heavy (non-hydrogen) atoms. The van der Waals surface area contributed by atoms with Gasteiger partial charge in [-0.15, -0.1) is 0 Å². The highest BCUT2D eigenvalue weighted by molar-refractivity contribution is 5.95. The highest BCUT2D eigenvalue weighted by Crippen LogP contribution is 2.17. The van der Waals surface area contributed by atoms with Crippen molar-refractivity contribution in [1.82, 2.24) is 15.6 Å². The van der Waals surface area contributed by atoms with E-state index in [0.29, 0.717) is 24.9 Å². The first-order valence-corrected chi connectivity index (χ1v) is 9.97. The van der Waals surface area contributed by atoms with E-state index in [0.717, 1.165) is 22.0 Å². The Kier molecular flexibility index (Phi) is 6.85. The fourth-order valence-corrected chi connectivity index (χ4v) is 3.39. The summed E-state index contributed by atoms with van der Waals surface area (Å²) in [5, 5.41) is 14.2. The molecule has 1 atom stereocenters. The van der Waals surface area contributed by atoms with E-state index in [1.165, 1.54) is 0 Å². The van der Waals surface area contributed by atoms with E-state index in [4.69, 9.17) is 11.1 Å². The molecule has 0 radical (unpaired) electrons. The number of aromatic nitrogens is 1. The molecule has 0 bridgehead atoms. The van der Waals surface area contributed by atoms with Gasteiger partial charge in [-0.2, -0.15) is 0 Å². The Bertz CT molecular complexity index is 1060. The molecule has 1 heterocycles. The summed E-state index contributed by atoms with van der Waals surface area (Å²) in [5.41, 5.74) is 9.30.